The number of aromatic hydroxyl groups is 1. The molecule has 1 aromatic heterocycles. The van der Waals surface area contributed by atoms with Gasteiger partial charge >= 0.3 is 11.7 Å². The van der Waals surface area contributed by atoms with Gasteiger partial charge in [-0.05, 0) is 17.7 Å². The molecule has 14 nitrogen and oxygen atoms in total. The van der Waals surface area contributed by atoms with Crippen molar-refractivity contribution in [3.8, 4) is 5.75 Å². The van der Waals surface area contributed by atoms with Gasteiger partial charge in [-0.3, -0.25) is 19.1 Å². The first-order chi connectivity index (χ1) is 16.4. The zero-order valence-electron chi connectivity index (χ0n) is 18.4. The van der Waals surface area contributed by atoms with Crippen LogP contribution in [0.2, 0.25) is 0 Å². The molecule has 1 aliphatic rings. The predicted molar refractivity (Wildman–Crippen MR) is 117 cm³/mol. The third-order valence-corrected chi connectivity index (χ3v) is 5.89. The number of phenolic OH excluding ortho intramolecular Hbond substituents is 1. The molecule has 0 aliphatic carbocycles. The number of aliphatic carboxylic acids is 1. The molecule has 0 saturated carbocycles. The summed E-state index contributed by atoms with van der Waals surface area (Å²) in [6, 6.07) is 3.22. The lowest BCUT2D eigenvalue weighted by Gasteiger charge is -2.28. The van der Waals surface area contributed by atoms with Gasteiger partial charge in [-0.1, -0.05) is 19.1 Å². The van der Waals surface area contributed by atoms with Crippen LogP contribution in [-0.4, -0.2) is 77.4 Å². The number of carboxylic acids is 1. The number of aromatic amines is 1. The number of carboxylic acid groups (broad SMARTS) is 1. The molecule has 1 aromatic carbocycles. The SMILES string of the molecule is C[C@@H]([C@H](N)C(=O)NC(C(=O)O)[C@H]1O[C@@H](n2ccc(=O)[nH]c2=O)[C@H](O)[C@@H]1O)[C@H](O)c1ccc(O)cc1. The van der Waals surface area contributed by atoms with Crippen LogP contribution in [0.4, 0.5) is 0 Å². The maximum atomic E-state index is 12.7. The number of carbonyl (C=O) groups excluding carboxylic acids is 1. The first kappa shape index (κ1) is 26.1. The van der Waals surface area contributed by atoms with Crippen molar-refractivity contribution in [2.75, 3.05) is 0 Å². The second-order valence-electron chi connectivity index (χ2n) is 8.24. The van der Waals surface area contributed by atoms with Crippen molar-refractivity contribution >= 4 is 11.9 Å². The summed E-state index contributed by atoms with van der Waals surface area (Å²) in [4.78, 5) is 49.9. The lowest BCUT2D eigenvalue weighted by atomic mass is 9.90. The monoisotopic (exact) mass is 494 g/mol. The molecule has 8 atom stereocenters. The summed E-state index contributed by atoms with van der Waals surface area (Å²) in [5.74, 6) is -3.54. The Balaban J connectivity index is 1.76. The van der Waals surface area contributed by atoms with Gasteiger partial charge in [0.2, 0.25) is 5.91 Å². The highest BCUT2D eigenvalue weighted by atomic mass is 16.6. The molecule has 35 heavy (non-hydrogen) atoms. The molecule has 1 fully saturated rings. The molecule has 0 bridgehead atoms. The lowest BCUT2D eigenvalue weighted by molar-refractivity contribution is -0.149. The highest BCUT2D eigenvalue weighted by Crippen LogP contribution is 2.31. The summed E-state index contributed by atoms with van der Waals surface area (Å²) in [6.45, 7) is 1.46. The number of phenols is 1. The molecule has 9 N–H and O–H groups in total. The number of ether oxygens (including phenoxy) is 1. The fourth-order valence-corrected chi connectivity index (χ4v) is 3.76. The van der Waals surface area contributed by atoms with E-state index in [0.29, 0.717) is 5.56 Å². The third-order valence-electron chi connectivity index (χ3n) is 5.89. The zero-order valence-corrected chi connectivity index (χ0v) is 18.4. The Labute approximate surface area is 197 Å². The number of amides is 1. The molecule has 0 radical (unpaired) electrons. The largest absolute Gasteiger partial charge is 0.508 e. The van der Waals surface area contributed by atoms with Crippen molar-refractivity contribution in [1.29, 1.82) is 0 Å². The number of aliphatic hydroxyl groups is 3. The second kappa shape index (κ2) is 10.4. The van der Waals surface area contributed by atoms with E-state index >= 15 is 0 Å². The number of nitrogens with one attached hydrogen (secondary N) is 2. The van der Waals surface area contributed by atoms with Gasteiger partial charge in [-0.25, -0.2) is 9.59 Å². The summed E-state index contributed by atoms with van der Waals surface area (Å²) in [5, 5.41) is 52.5. The van der Waals surface area contributed by atoms with E-state index in [2.05, 4.69) is 5.32 Å². The fourth-order valence-electron chi connectivity index (χ4n) is 3.76. The van der Waals surface area contributed by atoms with Crippen LogP contribution in [0.25, 0.3) is 0 Å². The van der Waals surface area contributed by atoms with Crippen molar-refractivity contribution in [2.24, 2.45) is 11.7 Å². The van der Waals surface area contributed by atoms with Crippen LogP contribution in [0.15, 0.2) is 46.1 Å². The Morgan fingerprint density at radius 1 is 1.14 bits per heavy atom. The number of aromatic nitrogens is 2. The van der Waals surface area contributed by atoms with Crippen molar-refractivity contribution in [2.45, 2.75) is 49.7 Å². The standard InChI is InChI=1S/C21H26N4O10/c1-8(14(28)9-2-4-10(26)5-3-9)12(22)18(31)24-13(20(32)33)17-15(29)16(30)19(35-17)25-7-6-11(27)23-21(25)34/h2-8,12-17,19,26,28-30H,22H2,1H3,(H,24,31)(H,32,33)(H,23,27,34)/t8-,12-,13?,14-,15-,16+,17+,19+/m0/s1. The number of aliphatic hydroxyl groups excluding tert-OH is 3. The molecule has 14 heteroatoms. The topological polar surface area (TPSA) is 237 Å². The van der Waals surface area contributed by atoms with E-state index in [0.717, 1.165) is 16.8 Å². The molecule has 2 heterocycles. The quantitative estimate of drug-likeness (QED) is 0.185. The average molecular weight is 494 g/mol. The van der Waals surface area contributed by atoms with Gasteiger partial charge < -0.3 is 41.3 Å². The van der Waals surface area contributed by atoms with E-state index in [-0.39, 0.29) is 5.75 Å². The van der Waals surface area contributed by atoms with Gasteiger partial charge in [0.15, 0.2) is 12.3 Å². The first-order valence-corrected chi connectivity index (χ1v) is 10.5. The van der Waals surface area contributed by atoms with Crippen LogP contribution < -0.4 is 22.3 Å². The van der Waals surface area contributed by atoms with E-state index in [4.69, 9.17) is 10.5 Å². The molecule has 1 saturated heterocycles. The molecule has 1 aliphatic heterocycles. The average Bonchev–Trinajstić information content (AvgIpc) is 3.10. The third kappa shape index (κ3) is 5.41. The van der Waals surface area contributed by atoms with E-state index in [1.54, 1.807) is 0 Å². The van der Waals surface area contributed by atoms with Crippen LogP contribution in [0, 0.1) is 5.92 Å². The number of carbonyl (C=O) groups is 2. The van der Waals surface area contributed by atoms with Gasteiger partial charge in [0.05, 0.1) is 12.1 Å². The van der Waals surface area contributed by atoms with Crippen molar-refractivity contribution in [3.63, 3.8) is 0 Å². The highest BCUT2D eigenvalue weighted by molar-refractivity contribution is 5.87. The normalized spacial score (nSPS) is 25.4. The highest BCUT2D eigenvalue weighted by Gasteiger charge is 2.50. The molecular formula is C21H26N4O10. The minimum atomic E-state index is -1.89. The Morgan fingerprint density at radius 3 is 2.34 bits per heavy atom. The van der Waals surface area contributed by atoms with Gasteiger partial charge in [-0.2, -0.15) is 0 Å². The Bertz CT molecular complexity index is 1180. The molecule has 190 valence electrons. The Kier molecular flexibility index (Phi) is 7.72. The molecule has 1 unspecified atom stereocenters. The summed E-state index contributed by atoms with van der Waals surface area (Å²) in [5.41, 5.74) is 4.62. The lowest BCUT2D eigenvalue weighted by Crippen LogP contribution is -2.57. The number of H-pyrrole nitrogens is 1. The van der Waals surface area contributed by atoms with Gasteiger partial charge in [0.25, 0.3) is 5.56 Å². The van der Waals surface area contributed by atoms with Gasteiger partial charge in [-0.15, -0.1) is 0 Å². The second-order valence-corrected chi connectivity index (χ2v) is 8.24. The number of nitrogens with zero attached hydrogens (tertiary/aromatic N) is 1. The van der Waals surface area contributed by atoms with E-state index in [1.165, 1.54) is 31.2 Å². The van der Waals surface area contributed by atoms with Crippen molar-refractivity contribution < 1.29 is 39.9 Å². The van der Waals surface area contributed by atoms with Crippen molar-refractivity contribution in [1.82, 2.24) is 14.9 Å². The smallest absolute Gasteiger partial charge is 0.330 e. The van der Waals surface area contributed by atoms with Crippen molar-refractivity contribution in [3.05, 3.63) is 62.9 Å². The summed E-state index contributed by atoms with van der Waals surface area (Å²) in [7, 11) is 0. The van der Waals surface area contributed by atoms with Gasteiger partial charge in [0, 0.05) is 18.2 Å². The molecule has 3 rings (SSSR count). The van der Waals surface area contributed by atoms with Gasteiger partial charge in [0.1, 0.15) is 24.1 Å². The number of hydrogen-bond donors (Lipinski definition) is 8. The Hall–Kier alpha value is -3.56. The first-order valence-electron chi connectivity index (χ1n) is 10.5. The van der Waals surface area contributed by atoms with Crippen LogP contribution in [0.5, 0.6) is 5.75 Å². The molecular weight excluding hydrogens is 468 g/mol. The van der Waals surface area contributed by atoms with Crippen LogP contribution >= 0.6 is 0 Å². The number of nitrogens with two attached hydrogens (primary N) is 1. The van der Waals surface area contributed by atoms with Crippen LogP contribution in [-0.2, 0) is 14.3 Å². The fraction of sp³-hybridized carbons (Fsp3) is 0.429. The molecule has 2 aromatic rings. The molecule has 1 amide bonds. The predicted octanol–water partition coefficient (Wildman–Crippen LogP) is -2.87. The minimum Gasteiger partial charge on any atom is -0.508 e. The van der Waals surface area contributed by atoms with Crippen LogP contribution in [0.1, 0.15) is 24.8 Å². The number of rotatable bonds is 8. The summed E-state index contributed by atoms with van der Waals surface area (Å²) in [6.07, 6.45) is -7.09. The van der Waals surface area contributed by atoms with E-state index in [9.17, 15) is 44.7 Å². The number of benzene rings is 1. The summed E-state index contributed by atoms with van der Waals surface area (Å²) < 4.78 is 6.18. The molecule has 0 spiro atoms. The van der Waals surface area contributed by atoms with Crippen LogP contribution in [0.3, 0.4) is 0 Å². The maximum Gasteiger partial charge on any atom is 0.330 e. The summed E-state index contributed by atoms with van der Waals surface area (Å²) >= 11 is 0. The maximum absolute atomic E-state index is 12.7. The minimum absolute atomic E-state index is 0.0281. The van der Waals surface area contributed by atoms with E-state index < -0.39 is 71.8 Å². The van der Waals surface area contributed by atoms with E-state index in [1.807, 2.05) is 4.98 Å². The number of hydrogen-bond acceptors (Lipinski definition) is 10. The zero-order chi connectivity index (χ0) is 26.0. The Morgan fingerprint density at radius 2 is 1.77 bits per heavy atom.